The summed E-state index contributed by atoms with van der Waals surface area (Å²) in [6.45, 7) is 3.59. The molecule has 2 rings (SSSR count). The number of nitrogens with one attached hydrogen (secondary N) is 1. The fourth-order valence-electron chi connectivity index (χ4n) is 2.38. The zero-order valence-corrected chi connectivity index (χ0v) is 13.0. The first-order chi connectivity index (χ1) is 9.77. The van der Waals surface area contributed by atoms with E-state index in [-0.39, 0.29) is 22.6 Å². The third kappa shape index (κ3) is 3.60. The second kappa shape index (κ2) is 6.00. The lowest BCUT2D eigenvalue weighted by Crippen LogP contribution is -2.40. The van der Waals surface area contributed by atoms with Crippen LogP contribution >= 0.6 is 0 Å². The average molecular weight is 317 g/mol. The Morgan fingerprint density at radius 2 is 2.19 bits per heavy atom. The van der Waals surface area contributed by atoms with E-state index in [0.29, 0.717) is 6.61 Å². The number of benzene rings is 1. The van der Waals surface area contributed by atoms with Gasteiger partial charge in [0.1, 0.15) is 5.82 Å². The first kappa shape index (κ1) is 16.4. The Morgan fingerprint density at radius 3 is 2.76 bits per heavy atom. The van der Waals surface area contributed by atoms with Crippen LogP contribution in [0.5, 0.6) is 0 Å². The maximum absolute atomic E-state index is 13.7. The van der Waals surface area contributed by atoms with Gasteiger partial charge < -0.3 is 9.84 Å². The van der Waals surface area contributed by atoms with Gasteiger partial charge in [-0.3, -0.25) is 0 Å². The quantitative estimate of drug-likeness (QED) is 0.862. The van der Waals surface area contributed by atoms with Gasteiger partial charge in [-0.15, -0.1) is 0 Å². The first-order valence-electron chi connectivity index (χ1n) is 6.81. The van der Waals surface area contributed by atoms with Gasteiger partial charge in [-0.1, -0.05) is 0 Å². The van der Waals surface area contributed by atoms with Crippen molar-refractivity contribution in [3.8, 4) is 0 Å². The molecule has 0 radical (unpaired) electrons. The predicted octanol–water partition coefficient (Wildman–Crippen LogP) is 1.47. The molecule has 1 aromatic carbocycles. The van der Waals surface area contributed by atoms with E-state index in [1.165, 1.54) is 13.0 Å². The van der Waals surface area contributed by atoms with Gasteiger partial charge in [0.2, 0.25) is 10.0 Å². The van der Waals surface area contributed by atoms with Crippen molar-refractivity contribution >= 4 is 10.0 Å². The molecule has 1 heterocycles. The van der Waals surface area contributed by atoms with Crippen LogP contribution in [0.2, 0.25) is 0 Å². The van der Waals surface area contributed by atoms with E-state index in [4.69, 9.17) is 9.84 Å². The summed E-state index contributed by atoms with van der Waals surface area (Å²) < 4.78 is 46.5. The molecule has 0 aliphatic carbocycles. The van der Waals surface area contributed by atoms with Gasteiger partial charge in [-0.25, -0.2) is 17.5 Å². The van der Waals surface area contributed by atoms with Crippen molar-refractivity contribution in [1.82, 2.24) is 4.72 Å². The summed E-state index contributed by atoms with van der Waals surface area (Å²) in [4.78, 5) is -0.145. The monoisotopic (exact) mass is 317 g/mol. The fourth-order valence-corrected chi connectivity index (χ4v) is 3.84. The van der Waals surface area contributed by atoms with Crippen molar-refractivity contribution in [2.24, 2.45) is 0 Å². The van der Waals surface area contributed by atoms with Crippen molar-refractivity contribution in [2.75, 3.05) is 13.2 Å². The molecule has 21 heavy (non-hydrogen) atoms. The largest absolute Gasteiger partial charge is 0.392 e. The van der Waals surface area contributed by atoms with E-state index in [1.807, 2.05) is 6.92 Å². The molecule has 1 aliphatic heterocycles. The Hall–Kier alpha value is -1.02. The summed E-state index contributed by atoms with van der Waals surface area (Å²) >= 11 is 0. The van der Waals surface area contributed by atoms with Gasteiger partial charge in [0.05, 0.1) is 17.1 Å². The van der Waals surface area contributed by atoms with E-state index in [1.54, 1.807) is 0 Å². The Labute approximate surface area is 124 Å². The Kier molecular flexibility index (Phi) is 4.67. The van der Waals surface area contributed by atoms with Crippen LogP contribution in [-0.4, -0.2) is 32.3 Å². The average Bonchev–Trinajstić information content (AvgIpc) is 2.87. The molecule has 0 saturated carbocycles. The molecule has 5 nitrogen and oxygen atoms in total. The van der Waals surface area contributed by atoms with Crippen molar-refractivity contribution in [3.05, 3.63) is 29.1 Å². The molecular weight excluding hydrogens is 297 g/mol. The van der Waals surface area contributed by atoms with E-state index < -0.39 is 28.0 Å². The number of hydrogen-bond donors (Lipinski definition) is 2. The number of halogens is 1. The SMILES string of the molecule is Cc1c(F)cc(CO)cc1S(=O)(=O)NCC1(C)CCCO1. The van der Waals surface area contributed by atoms with Crippen molar-refractivity contribution in [1.29, 1.82) is 0 Å². The molecule has 0 spiro atoms. The third-order valence-corrected chi connectivity index (χ3v) is 5.29. The van der Waals surface area contributed by atoms with E-state index in [2.05, 4.69) is 4.72 Å². The van der Waals surface area contributed by atoms with Crippen molar-refractivity contribution in [3.63, 3.8) is 0 Å². The van der Waals surface area contributed by atoms with Crippen LogP contribution in [0, 0.1) is 12.7 Å². The summed E-state index contributed by atoms with van der Waals surface area (Å²) in [5.74, 6) is -0.648. The number of ether oxygens (including phenoxy) is 1. The molecule has 2 N–H and O–H groups in total. The number of aliphatic hydroxyl groups is 1. The molecule has 118 valence electrons. The molecule has 0 bridgehead atoms. The highest BCUT2D eigenvalue weighted by molar-refractivity contribution is 7.89. The summed E-state index contributed by atoms with van der Waals surface area (Å²) in [7, 11) is -3.85. The molecule has 0 aromatic heterocycles. The highest BCUT2D eigenvalue weighted by atomic mass is 32.2. The highest BCUT2D eigenvalue weighted by Gasteiger charge is 2.32. The van der Waals surface area contributed by atoms with Crippen LogP contribution in [0.3, 0.4) is 0 Å². The van der Waals surface area contributed by atoms with Crippen LogP contribution in [-0.2, 0) is 21.4 Å². The smallest absolute Gasteiger partial charge is 0.241 e. The molecule has 1 fully saturated rings. The van der Waals surface area contributed by atoms with Crippen LogP contribution in [0.4, 0.5) is 4.39 Å². The maximum Gasteiger partial charge on any atom is 0.241 e. The van der Waals surface area contributed by atoms with Gasteiger partial charge >= 0.3 is 0 Å². The van der Waals surface area contributed by atoms with Crippen molar-refractivity contribution in [2.45, 2.75) is 43.8 Å². The Balaban J connectivity index is 2.25. The first-order valence-corrected chi connectivity index (χ1v) is 8.29. The van der Waals surface area contributed by atoms with Gasteiger partial charge in [-0.2, -0.15) is 0 Å². The second-order valence-electron chi connectivity index (χ2n) is 5.59. The molecule has 1 aliphatic rings. The molecular formula is C14H20FNO4S. The Bertz CT molecular complexity index is 624. The minimum atomic E-state index is -3.85. The molecule has 1 saturated heterocycles. The third-order valence-electron chi connectivity index (χ3n) is 3.77. The topological polar surface area (TPSA) is 75.6 Å². The lowest BCUT2D eigenvalue weighted by atomic mass is 10.0. The number of aliphatic hydroxyl groups excluding tert-OH is 1. The normalized spacial score (nSPS) is 22.7. The Morgan fingerprint density at radius 1 is 1.48 bits per heavy atom. The number of rotatable bonds is 5. The minimum Gasteiger partial charge on any atom is -0.392 e. The van der Waals surface area contributed by atoms with E-state index in [0.717, 1.165) is 18.9 Å². The lowest BCUT2D eigenvalue weighted by Gasteiger charge is -2.23. The van der Waals surface area contributed by atoms with E-state index in [9.17, 15) is 12.8 Å². The lowest BCUT2D eigenvalue weighted by molar-refractivity contribution is 0.0250. The summed E-state index contributed by atoms with van der Waals surface area (Å²) in [5, 5.41) is 9.08. The zero-order valence-electron chi connectivity index (χ0n) is 12.1. The summed E-state index contributed by atoms with van der Waals surface area (Å²) in [6.07, 6.45) is 1.67. The summed E-state index contributed by atoms with van der Waals surface area (Å²) in [6, 6.07) is 2.42. The zero-order chi connectivity index (χ0) is 15.7. The molecule has 7 heteroatoms. The van der Waals surface area contributed by atoms with Gasteiger partial charge in [0, 0.05) is 18.7 Å². The molecule has 1 atom stereocenters. The predicted molar refractivity (Wildman–Crippen MR) is 75.8 cm³/mol. The minimum absolute atomic E-state index is 0.0391. The van der Waals surface area contributed by atoms with E-state index >= 15 is 0 Å². The molecule has 0 amide bonds. The van der Waals surface area contributed by atoms with Gasteiger partial charge in [-0.05, 0) is 44.4 Å². The van der Waals surface area contributed by atoms with Crippen molar-refractivity contribution < 1.29 is 22.7 Å². The van der Waals surface area contributed by atoms with Gasteiger partial charge in [0.25, 0.3) is 0 Å². The van der Waals surface area contributed by atoms with Crippen LogP contribution in [0.25, 0.3) is 0 Å². The number of hydrogen-bond acceptors (Lipinski definition) is 4. The number of sulfonamides is 1. The highest BCUT2D eigenvalue weighted by Crippen LogP contribution is 2.26. The van der Waals surface area contributed by atoms with Crippen LogP contribution in [0.15, 0.2) is 17.0 Å². The molecule has 1 aromatic rings. The van der Waals surface area contributed by atoms with Crippen LogP contribution < -0.4 is 4.72 Å². The standard InChI is InChI=1S/C14H20FNO4S/c1-10-12(15)6-11(8-17)7-13(10)21(18,19)16-9-14(2)4-3-5-20-14/h6-7,16-17H,3-5,8-9H2,1-2H3. The van der Waals surface area contributed by atoms with Gasteiger partial charge in [0.15, 0.2) is 0 Å². The molecule has 1 unspecified atom stereocenters. The fraction of sp³-hybridized carbons (Fsp3) is 0.571. The maximum atomic E-state index is 13.7. The second-order valence-corrected chi connectivity index (χ2v) is 7.32. The summed E-state index contributed by atoms with van der Waals surface area (Å²) in [5.41, 5.74) is -0.257. The van der Waals surface area contributed by atoms with Crippen LogP contribution in [0.1, 0.15) is 30.9 Å².